The maximum atomic E-state index is 13.1. The molecule has 2 fully saturated rings. The molecule has 2 aliphatic rings. The molecule has 0 amide bonds. The number of benzene rings is 1. The Balaban J connectivity index is 1.77. The van der Waals surface area contributed by atoms with Crippen molar-refractivity contribution in [3.63, 3.8) is 0 Å². The topological polar surface area (TPSA) is 29.3 Å². The van der Waals surface area contributed by atoms with Crippen LogP contribution in [0.1, 0.15) is 19.3 Å². The van der Waals surface area contributed by atoms with Gasteiger partial charge in [0, 0.05) is 29.9 Å². The van der Waals surface area contributed by atoms with Crippen molar-refractivity contribution in [1.29, 1.82) is 0 Å². The van der Waals surface area contributed by atoms with Crippen molar-refractivity contribution < 1.29 is 4.39 Å². The first kappa shape index (κ1) is 9.01. The van der Waals surface area contributed by atoms with Gasteiger partial charge in [0.25, 0.3) is 0 Å². The molecule has 1 aliphatic carbocycles. The summed E-state index contributed by atoms with van der Waals surface area (Å²) in [5.41, 5.74) is 7.64. The van der Waals surface area contributed by atoms with Gasteiger partial charge in [-0.05, 0) is 31.0 Å². The molecule has 1 spiro atoms. The second kappa shape index (κ2) is 2.87. The van der Waals surface area contributed by atoms with Crippen LogP contribution < -0.4 is 10.6 Å². The molecule has 1 saturated carbocycles. The molecule has 1 saturated heterocycles. The largest absolute Gasteiger partial charge is 0.399 e. The van der Waals surface area contributed by atoms with E-state index in [1.165, 1.54) is 25.3 Å². The van der Waals surface area contributed by atoms with Crippen LogP contribution in [-0.4, -0.2) is 13.1 Å². The highest BCUT2D eigenvalue weighted by atomic mass is 19.1. The molecule has 0 unspecified atom stereocenters. The Kier molecular flexibility index (Phi) is 1.73. The van der Waals surface area contributed by atoms with Crippen LogP contribution in [0, 0.1) is 11.2 Å². The van der Waals surface area contributed by atoms with E-state index in [4.69, 9.17) is 5.73 Å². The van der Waals surface area contributed by atoms with E-state index >= 15 is 0 Å². The first-order valence-electron chi connectivity index (χ1n) is 5.48. The van der Waals surface area contributed by atoms with E-state index in [-0.39, 0.29) is 5.82 Å². The normalized spacial score (nSPS) is 22.3. The molecule has 2 N–H and O–H groups in total. The Morgan fingerprint density at radius 2 is 1.93 bits per heavy atom. The van der Waals surface area contributed by atoms with Crippen LogP contribution in [0.3, 0.4) is 0 Å². The molecule has 3 heteroatoms. The highest BCUT2D eigenvalue weighted by molar-refractivity contribution is 5.58. The molecular weight excluding hydrogens is 191 g/mol. The molecule has 0 radical (unpaired) electrons. The maximum absolute atomic E-state index is 13.1. The lowest BCUT2D eigenvalue weighted by Gasteiger charge is -2.57. The van der Waals surface area contributed by atoms with E-state index in [0.29, 0.717) is 11.1 Å². The smallest absolute Gasteiger partial charge is 0.127 e. The van der Waals surface area contributed by atoms with Gasteiger partial charge in [0.2, 0.25) is 0 Å². The Bertz CT molecular complexity index is 370. The standard InChI is InChI=1S/C12H15FN2/c13-9-4-10(14)6-11(5-9)15-7-12(8-15)2-1-3-12/h4-6H,1-3,7-8,14H2. The van der Waals surface area contributed by atoms with Crippen LogP contribution in [-0.2, 0) is 0 Å². The van der Waals surface area contributed by atoms with Gasteiger partial charge in [0.05, 0.1) is 0 Å². The van der Waals surface area contributed by atoms with Crippen LogP contribution in [0.25, 0.3) is 0 Å². The zero-order valence-corrected chi connectivity index (χ0v) is 8.67. The molecule has 0 bridgehead atoms. The first-order chi connectivity index (χ1) is 7.17. The fourth-order valence-corrected chi connectivity index (χ4v) is 2.72. The van der Waals surface area contributed by atoms with E-state index in [2.05, 4.69) is 4.90 Å². The highest BCUT2D eigenvalue weighted by Crippen LogP contribution is 2.49. The van der Waals surface area contributed by atoms with Gasteiger partial charge in [-0.15, -0.1) is 0 Å². The molecular formula is C12H15FN2. The number of hydrogen-bond acceptors (Lipinski definition) is 2. The number of halogens is 1. The Hall–Kier alpha value is -1.25. The number of nitrogens with two attached hydrogens (primary N) is 1. The number of nitrogens with zero attached hydrogens (tertiary/aromatic N) is 1. The minimum atomic E-state index is -0.237. The summed E-state index contributed by atoms with van der Waals surface area (Å²) in [7, 11) is 0. The molecule has 15 heavy (non-hydrogen) atoms. The van der Waals surface area contributed by atoms with E-state index in [0.717, 1.165) is 18.8 Å². The van der Waals surface area contributed by atoms with Crippen molar-refractivity contribution in [2.24, 2.45) is 5.41 Å². The van der Waals surface area contributed by atoms with Gasteiger partial charge < -0.3 is 10.6 Å². The first-order valence-corrected chi connectivity index (χ1v) is 5.48. The van der Waals surface area contributed by atoms with Crippen molar-refractivity contribution in [2.75, 3.05) is 23.7 Å². The lowest BCUT2D eigenvalue weighted by atomic mass is 9.63. The van der Waals surface area contributed by atoms with Gasteiger partial charge in [-0.3, -0.25) is 0 Å². The average molecular weight is 206 g/mol. The summed E-state index contributed by atoms with van der Waals surface area (Å²) in [6.45, 7) is 2.16. The Labute approximate surface area is 88.9 Å². The Morgan fingerprint density at radius 1 is 1.20 bits per heavy atom. The fourth-order valence-electron chi connectivity index (χ4n) is 2.72. The second-order valence-electron chi connectivity index (χ2n) is 4.95. The third-order valence-corrected chi connectivity index (χ3v) is 3.74. The molecule has 1 aromatic rings. The monoisotopic (exact) mass is 206 g/mol. The molecule has 3 rings (SSSR count). The summed E-state index contributed by atoms with van der Waals surface area (Å²) in [5, 5.41) is 0. The second-order valence-corrected chi connectivity index (χ2v) is 4.95. The van der Waals surface area contributed by atoms with Crippen LogP contribution in [0.2, 0.25) is 0 Å². The third-order valence-electron chi connectivity index (χ3n) is 3.74. The molecule has 0 aromatic heterocycles. The molecule has 2 nitrogen and oxygen atoms in total. The molecule has 0 atom stereocenters. The average Bonchev–Trinajstić information content (AvgIpc) is 1.95. The summed E-state index contributed by atoms with van der Waals surface area (Å²) in [6, 6.07) is 4.79. The molecule has 1 heterocycles. The van der Waals surface area contributed by atoms with Crippen LogP contribution in [0.15, 0.2) is 18.2 Å². The minimum Gasteiger partial charge on any atom is -0.399 e. The van der Waals surface area contributed by atoms with Gasteiger partial charge in [-0.1, -0.05) is 6.42 Å². The van der Waals surface area contributed by atoms with Crippen molar-refractivity contribution in [3.8, 4) is 0 Å². The Morgan fingerprint density at radius 3 is 2.47 bits per heavy atom. The van der Waals surface area contributed by atoms with Gasteiger partial charge in [0.1, 0.15) is 5.82 Å². The van der Waals surface area contributed by atoms with E-state index in [9.17, 15) is 4.39 Å². The van der Waals surface area contributed by atoms with Crippen LogP contribution in [0.4, 0.5) is 15.8 Å². The summed E-state index contributed by atoms with van der Waals surface area (Å²) in [5.74, 6) is -0.237. The minimum absolute atomic E-state index is 0.237. The van der Waals surface area contributed by atoms with Crippen LogP contribution in [0.5, 0.6) is 0 Å². The molecule has 80 valence electrons. The summed E-state index contributed by atoms with van der Waals surface area (Å²) < 4.78 is 13.1. The zero-order chi connectivity index (χ0) is 10.5. The van der Waals surface area contributed by atoms with Gasteiger partial charge in [-0.2, -0.15) is 0 Å². The third kappa shape index (κ3) is 1.37. The maximum Gasteiger partial charge on any atom is 0.127 e. The summed E-state index contributed by atoms with van der Waals surface area (Å²) in [6.07, 6.45) is 4.04. The number of anilines is 2. The van der Waals surface area contributed by atoms with Gasteiger partial charge in [-0.25, -0.2) is 4.39 Å². The fraction of sp³-hybridized carbons (Fsp3) is 0.500. The quantitative estimate of drug-likeness (QED) is 0.715. The van der Waals surface area contributed by atoms with Crippen molar-refractivity contribution in [2.45, 2.75) is 19.3 Å². The lowest BCUT2D eigenvalue weighted by Crippen LogP contribution is -2.59. The summed E-state index contributed by atoms with van der Waals surface area (Å²) in [4.78, 5) is 2.22. The van der Waals surface area contributed by atoms with E-state index in [1.54, 1.807) is 6.07 Å². The molecule has 1 aliphatic heterocycles. The molecule has 1 aromatic carbocycles. The van der Waals surface area contributed by atoms with Gasteiger partial charge in [0.15, 0.2) is 0 Å². The van der Waals surface area contributed by atoms with E-state index < -0.39 is 0 Å². The van der Waals surface area contributed by atoms with Crippen molar-refractivity contribution >= 4 is 11.4 Å². The number of rotatable bonds is 1. The number of hydrogen-bond donors (Lipinski definition) is 1. The summed E-state index contributed by atoms with van der Waals surface area (Å²) >= 11 is 0. The predicted molar refractivity (Wildman–Crippen MR) is 59.3 cm³/mol. The highest BCUT2D eigenvalue weighted by Gasteiger charge is 2.47. The van der Waals surface area contributed by atoms with Crippen molar-refractivity contribution in [3.05, 3.63) is 24.0 Å². The van der Waals surface area contributed by atoms with Gasteiger partial charge >= 0.3 is 0 Å². The van der Waals surface area contributed by atoms with Crippen molar-refractivity contribution in [1.82, 2.24) is 0 Å². The van der Waals surface area contributed by atoms with E-state index in [1.807, 2.05) is 6.07 Å². The van der Waals surface area contributed by atoms with Crippen LogP contribution >= 0.6 is 0 Å². The SMILES string of the molecule is Nc1cc(F)cc(N2CC3(CCC3)C2)c1. The predicted octanol–water partition coefficient (Wildman–Crippen LogP) is 2.40. The number of nitrogen functional groups attached to an aromatic ring is 1. The zero-order valence-electron chi connectivity index (χ0n) is 8.67. The lowest BCUT2D eigenvalue weighted by molar-refractivity contribution is 0.0904.